The van der Waals surface area contributed by atoms with Crippen molar-refractivity contribution in [1.82, 2.24) is 4.98 Å². The second kappa shape index (κ2) is 7.05. The first-order valence-electron chi connectivity index (χ1n) is 10.4. The molecule has 5 rings (SSSR count). The second-order valence-electron chi connectivity index (χ2n) is 8.50. The number of carbonyl (C=O) groups excluding carboxylic acids is 1. The molecule has 1 unspecified atom stereocenters. The largest absolute Gasteiger partial charge is 0.326 e. The predicted octanol–water partition coefficient (Wildman–Crippen LogP) is 5.93. The first-order chi connectivity index (χ1) is 13.8. The summed E-state index contributed by atoms with van der Waals surface area (Å²) in [7, 11) is 0. The summed E-state index contributed by atoms with van der Waals surface area (Å²) in [5.74, 6) is 0.963. The third-order valence-corrected chi connectivity index (χ3v) is 7.13. The van der Waals surface area contributed by atoms with E-state index < -0.39 is 0 Å². The Balaban J connectivity index is 1.29. The second-order valence-corrected chi connectivity index (χ2v) is 8.50. The van der Waals surface area contributed by atoms with E-state index in [1.807, 2.05) is 36.5 Å². The Bertz CT molecular complexity index is 984. The van der Waals surface area contributed by atoms with E-state index in [4.69, 9.17) is 0 Å². The third kappa shape index (κ3) is 2.99. The zero-order valence-electron chi connectivity index (χ0n) is 16.1. The van der Waals surface area contributed by atoms with E-state index in [2.05, 4.69) is 40.6 Å². The number of nitrogens with zero attached hydrogens (tertiary/aromatic N) is 1. The maximum absolute atomic E-state index is 12.9. The molecule has 3 aromatic rings. The van der Waals surface area contributed by atoms with Gasteiger partial charge >= 0.3 is 0 Å². The fourth-order valence-electron chi connectivity index (χ4n) is 5.43. The third-order valence-electron chi connectivity index (χ3n) is 7.13. The lowest BCUT2D eigenvalue weighted by Gasteiger charge is -2.52. The normalized spacial score (nSPS) is 26.7. The van der Waals surface area contributed by atoms with E-state index in [1.54, 1.807) is 0 Å². The Morgan fingerprint density at radius 1 is 0.893 bits per heavy atom. The van der Waals surface area contributed by atoms with Gasteiger partial charge < -0.3 is 5.32 Å². The number of hydrogen-bond acceptors (Lipinski definition) is 2. The van der Waals surface area contributed by atoms with Crippen LogP contribution in [0, 0.1) is 11.3 Å². The number of benzene rings is 2. The number of nitrogens with one attached hydrogen (secondary N) is 1. The van der Waals surface area contributed by atoms with Gasteiger partial charge in [-0.2, -0.15) is 0 Å². The van der Waals surface area contributed by atoms with Crippen LogP contribution in [0.5, 0.6) is 0 Å². The Kier molecular flexibility index (Phi) is 4.38. The summed E-state index contributed by atoms with van der Waals surface area (Å²) in [5, 5.41) is 4.43. The Morgan fingerprint density at radius 3 is 2.36 bits per heavy atom. The van der Waals surface area contributed by atoms with Gasteiger partial charge in [0, 0.05) is 23.2 Å². The minimum absolute atomic E-state index is 0.169. The molecule has 0 aliphatic heterocycles. The monoisotopic (exact) mass is 370 g/mol. The van der Waals surface area contributed by atoms with Crippen molar-refractivity contribution < 1.29 is 4.79 Å². The van der Waals surface area contributed by atoms with Crippen LogP contribution in [0.25, 0.3) is 10.9 Å². The van der Waals surface area contributed by atoms with Crippen LogP contribution in [0.1, 0.15) is 50.0 Å². The fraction of sp³-hybridized carbons (Fsp3) is 0.360. The number of rotatable bonds is 3. The van der Waals surface area contributed by atoms with Crippen molar-refractivity contribution in [2.24, 2.45) is 11.3 Å². The molecule has 0 bridgehead atoms. The molecule has 3 nitrogen and oxygen atoms in total. The van der Waals surface area contributed by atoms with Crippen LogP contribution in [-0.4, -0.2) is 10.9 Å². The van der Waals surface area contributed by atoms with Crippen molar-refractivity contribution in [3.63, 3.8) is 0 Å². The molecule has 2 aromatic carbocycles. The van der Waals surface area contributed by atoms with Crippen LogP contribution in [0.4, 0.5) is 5.69 Å². The lowest BCUT2D eigenvalue weighted by Crippen LogP contribution is -2.48. The standard InChI is InChI=1S/C25H26N2O/c28-24(27-19-6-2-1-3-7-19)22-12-16-25(22)14-10-18(11-15-25)20-13-17-26-23-9-5-4-8-21(20)23/h1-9,13,17-18,22H,10-12,14-16H2,(H,27,28). The smallest absolute Gasteiger partial charge is 0.228 e. The predicted molar refractivity (Wildman–Crippen MR) is 113 cm³/mol. The van der Waals surface area contributed by atoms with E-state index in [1.165, 1.54) is 30.2 Å². The average molecular weight is 370 g/mol. The highest BCUT2D eigenvalue weighted by Crippen LogP contribution is 2.58. The number of aromatic nitrogens is 1. The molecule has 3 heteroatoms. The van der Waals surface area contributed by atoms with Gasteiger partial charge in [-0.3, -0.25) is 9.78 Å². The van der Waals surface area contributed by atoms with Gasteiger partial charge in [-0.1, -0.05) is 36.4 Å². The van der Waals surface area contributed by atoms with Gasteiger partial charge in [0.15, 0.2) is 0 Å². The van der Waals surface area contributed by atoms with Gasteiger partial charge in [0.2, 0.25) is 5.91 Å². The van der Waals surface area contributed by atoms with E-state index >= 15 is 0 Å². The van der Waals surface area contributed by atoms with Crippen LogP contribution in [0.2, 0.25) is 0 Å². The van der Waals surface area contributed by atoms with Crippen molar-refractivity contribution >= 4 is 22.5 Å². The van der Waals surface area contributed by atoms with Gasteiger partial charge in [0.1, 0.15) is 0 Å². The molecule has 0 saturated heterocycles. The highest BCUT2D eigenvalue weighted by Gasteiger charge is 2.51. The van der Waals surface area contributed by atoms with Gasteiger partial charge in [0.05, 0.1) is 5.52 Å². The van der Waals surface area contributed by atoms with Gasteiger partial charge in [-0.15, -0.1) is 0 Å². The van der Waals surface area contributed by atoms with E-state index in [0.717, 1.165) is 30.5 Å². The minimum atomic E-state index is 0.169. The fourth-order valence-corrected chi connectivity index (χ4v) is 5.43. The topological polar surface area (TPSA) is 42.0 Å². The number of fused-ring (bicyclic) bond motifs is 1. The van der Waals surface area contributed by atoms with Gasteiger partial charge in [0.25, 0.3) is 0 Å². The van der Waals surface area contributed by atoms with Crippen LogP contribution in [0.3, 0.4) is 0 Å². The molecule has 1 spiro atoms. The Morgan fingerprint density at radius 2 is 1.61 bits per heavy atom. The number of carbonyl (C=O) groups is 1. The summed E-state index contributed by atoms with van der Waals surface area (Å²) >= 11 is 0. The zero-order valence-corrected chi connectivity index (χ0v) is 16.1. The molecule has 0 radical (unpaired) electrons. The molecule has 1 amide bonds. The summed E-state index contributed by atoms with van der Waals surface area (Å²) in [4.78, 5) is 17.4. The summed E-state index contributed by atoms with van der Waals surface area (Å²) in [5.41, 5.74) is 3.65. The molecule has 1 heterocycles. The minimum Gasteiger partial charge on any atom is -0.326 e. The van der Waals surface area contributed by atoms with Crippen molar-refractivity contribution in [2.75, 3.05) is 5.32 Å². The summed E-state index contributed by atoms with van der Waals surface area (Å²) in [6.07, 6.45) is 8.82. The molecule has 2 aliphatic carbocycles. The number of para-hydroxylation sites is 2. The first kappa shape index (κ1) is 17.4. The summed E-state index contributed by atoms with van der Waals surface area (Å²) in [6.45, 7) is 0. The maximum atomic E-state index is 12.9. The summed E-state index contributed by atoms with van der Waals surface area (Å²) < 4.78 is 0. The lowest BCUT2D eigenvalue weighted by molar-refractivity contribution is -0.133. The molecular formula is C25H26N2O. The first-order valence-corrected chi connectivity index (χ1v) is 10.4. The SMILES string of the molecule is O=C(Nc1ccccc1)C1CCC12CCC(c1ccnc3ccccc13)CC2. The Labute approximate surface area is 166 Å². The molecule has 1 N–H and O–H groups in total. The number of hydrogen-bond donors (Lipinski definition) is 1. The van der Waals surface area contributed by atoms with Crippen LogP contribution in [0.15, 0.2) is 66.9 Å². The lowest BCUT2D eigenvalue weighted by atomic mass is 9.52. The molecule has 1 atom stereocenters. The summed E-state index contributed by atoms with van der Waals surface area (Å²) in [6, 6.07) is 20.5. The number of anilines is 1. The number of amides is 1. The molecule has 2 aliphatic rings. The van der Waals surface area contributed by atoms with Crippen LogP contribution >= 0.6 is 0 Å². The maximum Gasteiger partial charge on any atom is 0.228 e. The molecule has 28 heavy (non-hydrogen) atoms. The van der Waals surface area contributed by atoms with Crippen molar-refractivity contribution in [1.29, 1.82) is 0 Å². The highest BCUT2D eigenvalue weighted by atomic mass is 16.2. The quantitative estimate of drug-likeness (QED) is 0.621. The average Bonchev–Trinajstić information content (AvgIpc) is 2.73. The highest BCUT2D eigenvalue weighted by molar-refractivity contribution is 5.93. The molecule has 2 saturated carbocycles. The molecular weight excluding hydrogens is 344 g/mol. The van der Waals surface area contributed by atoms with Crippen molar-refractivity contribution in [3.05, 3.63) is 72.4 Å². The zero-order chi connectivity index (χ0) is 19.0. The van der Waals surface area contributed by atoms with Crippen LogP contribution in [-0.2, 0) is 4.79 Å². The van der Waals surface area contributed by atoms with Crippen LogP contribution < -0.4 is 5.32 Å². The van der Waals surface area contributed by atoms with E-state index in [9.17, 15) is 4.79 Å². The Hall–Kier alpha value is -2.68. The van der Waals surface area contributed by atoms with Crippen molar-refractivity contribution in [3.8, 4) is 0 Å². The molecule has 142 valence electrons. The molecule has 1 aromatic heterocycles. The van der Waals surface area contributed by atoms with Gasteiger partial charge in [-0.25, -0.2) is 0 Å². The number of pyridine rings is 1. The van der Waals surface area contributed by atoms with Gasteiger partial charge in [-0.05, 0) is 79.7 Å². The van der Waals surface area contributed by atoms with Crippen molar-refractivity contribution in [2.45, 2.75) is 44.4 Å². The van der Waals surface area contributed by atoms with E-state index in [0.29, 0.717) is 5.92 Å². The van der Waals surface area contributed by atoms with E-state index in [-0.39, 0.29) is 17.2 Å². The molecule has 2 fully saturated rings.